The quantitative estimate of drug-likeness (QED) is 0.610. The van der Waals surface area contributed by atoms with Crippen molar-refractivity contribution in [1.29, 1.82) is 0 Å². The summed E-state index contributed by atoms with van der Waals surface area (Å²) in [5, 5.41) is 9.03. The van der Waals surface area contributed by atoms with E-state index >= 15 is 0 Å². The van der Waals surface area contributed by atoms with E-state index in [-0.39, 0.29) is 18.3 Å². The molecule has 0 atom stereocenters. The maximum atomic E-state index is 11.4. The lowest BCUT2D eigenvalue weighted by molar-refractivity contribution is 0.0549. The van der Waals surface area contributed by atoms with Crippen molar-refractivity contribution in [2.45, 2.75) is 13.8 Å². The van der Waals surface area contributed by atoms with E-state index in [1.165, 1.54) is 24.3 Å². The fraction of sp³-hybridized carbons (Fsp3) is 0.250. The van der Waals surface area contributed by atoms with E-state index in [0.717, 1.165) is 5.57 Å². The summed E-state index contributed by atoms with van der Waals surface area (Å²) in [5.41, 5.74) is 1.54. The molecule has 3 nitrogen and oxygen atoms in total. The Hall–Kier alpha value is -1.77. The van der Waals surface area contributed by atoms with Crippen molar-refractivity contribution in [2.75, 3.05) is 6.61 Å². The molecule has 0 aliphatic carbocycles. The number of phenolic OH excluding ortho intramolecular Hbond substituents is 1. The predicted octanol–water partition coefficient (Wildman–Crippen LogP) is 2.52. The third kappa shape index (κ3) is 3.85. The lowest BCUT2D eigenvalue weighted by Crippen LogP contribution is -2.04. The van der Waals surface area contributed by atoms with Gasteiger partial charge in [-0.1, -0.05) is 5.57 Å². The molecular formula is C12H14O3. The number of carbonyl (C=O) groups is 1. The zero-order valence-corrected chi connectivity index (χ0v) is 8.86. The molecule has 0 amide bonds. The lowest BCUT2D eigenvalue weighted by Gasteiger charge is -2.02. The number of carbonyl (C=O) groups excluding carboxylic acids is 1. The Morgan fingerprint density at radius 2 is 1.93 bits per heavy atom. The Balaban J connectivity index is 2.54. The highest BCUT2D eigenvalue weighted by Crippen LogP contribution is 2.10. The molecule has 1 aromatic rings. The molecule has 0 saturated heterocycles. The number of benzene rings is 1. The zero-order valence-electron chi connectivity index (χ0n) is 8.86. The average molecular weight is 206 g/mol. The van der Waals surface area contributed by atoms with Crippen molar-refractivity contribution >= 4 is 5.97 Å². The largest absolute Gasteiger partial charge is 0.508 e. The zero-order chi connectivity index (χ0) is 11.3. The van der Waals surface area contributed by atoms with Gasteiger partial charge in [0.1, 0.15) is 12.4 Å². The summed E-state index contributed by atoms with van der Waals surface area (Å²) < 4.78 is 4.98. The fourth-order valence-electron chi connectivity index (χ4n) is 0.965. The van der Waals surface area contributed by atoms with Crippen LogP contribution in [0.25, 0.3) is 0 Å². The molecule has 1 rings (SSSR count). The van der Waals surface area contributed by atoms with Crippen LogP contribution in [0.2, 0.25) is 0 Å². The standard InChI is InChI=1S/C12H14O3/c1-9(2)7-8-15-12(14)10-3-5-11(13)6-4-10/h3-7,13H,8H2,1-2H3. The van der Waals surface area contributed by atoms with E-state index in [0.29, 0.717) is 5.56 Å². The van der Waals surface area contributed by atoms with Crippen LogP contribution in [-0.4, -0.2) is 17.7 Å². The molecular weight excluding hydrogens is 192 g/mol. The summed E-state index contributed by atoms with van der Waals surface area (Å²) in [7, 11) is 0. The second kappa shape index (κ2) is 5.20. The van der Waals surface area contributed by atoms with Crippen LogP contribution in [0.5, 0.6) is 5.75 Å². The van der Waals surface area contributed by atoms with E-state index in [4.69, 9.17) is 9.84 Å². The monoisotopic (exact) mass is 206 g/mol. The second-order valence-electron chi connectivity index (χ2n) is 3.43. The number of allylic oxidation sites excluding steroid dienone is 1. The van der Waals surface area contributed by atoms with E-state index in [1.807, 2.05) is 19.9 Å². The number of phenols is 1. The molecule has 0 saturated carbocycles. The molecule has 0 aromatic heterocycles. The van der Waals surface area contributed by atoms with Gasteiger partial charge in [-0.15, -0.1) is 0 Å². The summed E-state index contributed by atoms with van der Waals surface area (Å²) in [6.45, 7) is 4.16. The van der Waals surface area contributed by atoms with Crippen molar-refractivity contribution in [3.8, 4) is 5.75 Å². The van der Waals surface area contributed by atoms with Crippen molar-refractivity contribution in [2.24, 2.45) is 0 Å². The predicted molar refractivity (Wildman–Crippen MR) is 57.8 cm³/mol. The van der Waals surface area contributed by atoms with Crippen LogP contribution in [-0.2, 0) is 4.74 Å². The van der Waals surface area contributed by atoms with Gasteiger partial charge in [-0.3, -0.25) is 0 Å². The molecule has 3 heteroatoms. The van der Waals surface area contributed by atoms with Gasteiger partial charge >= 0.3 is 5.97 Å². The van der Waals surface area contributed by atoms with Gasteiger partial charge in [0.25, 0.3) is 0 Å². The highest BCUT2D eigenvalue weighted by Gasteiger charge is 2.05. The van der Waals surface area contributed by atoms with Gasteiger partial charge < -0.3 is 9.84 Å². The van der Waals surface area contributed by atoms with Crippen LogP contribution in [0.1, 0.15) is 24.2 Å². The molecule has 0 unspecified atom stereocenters. The SMILES string of the molecule is CC(C)=CCOC(=O)c1ccc(O)cc1. The van der Waals surface area contributed by atoms with Gasteiger partial charge in [0.15, 0.2) is 0 Å². The summed E-state index contributed by atoms with van der Waals surface area (Å²) in [6.07, 6.45) is 1.83. The fourth-order valence-corrected chi connectivity index (χ4v) is 0.965. The minimum Gasteiger partial charge on any atom is -0.508 e. The van der Waals surface area contributed by atoms with Crippen LogP contribution in [0.4, 0.5) is 0 Å². The highest BCUT2D eigenvalue weighted by atomic mass is 16.5. The molecule has 15 heavy (non-hydrogen) atoms. The van der Waals surface area contributed by atoms with Crippen LogP contribution in [0.3, 0.4) is 0 Å². The number of esters is 1. The molecule has 0 heterocycles. The smallest absolute Gasteiger partial charge is 0.338 e. The van der Waals surface area contributed by atoms with Gasteiger partial charge in [0, 0.05) is 0 Å². The van der Waals surface area contributed by atoms with Crippen LogP contribution in [0.15, 0.2) is 35.9 Å². The lowest BCUT2D eigenvalue weighted by atomic mass is 10.2. The number of rotatable bonds is 3. The molecule has 0 aliphatic heterocycles. The highest BCUT2D eigenvalue weighted by molar-refractivity contribution is 5.89. The van der Waals surface area contributed by atoms with Crippen LogP contribution < -0.4 is 0 Å². The maximum absolute atomic E-state index is 11.4. The first-order chi connectivity index (χ1) is 7.09. The van der Waals surface area contributed by atoms with Gasteiger partial charge in [-0.2, -0.15) is 0 Å². The molecule has 0 radical (unpaired) electrons. The first-order valence-corrected chi connectivity index (χ1v) is 4.69. The molecule has 1 aromatic carbocycles. The summed E-state index contributed by atoms with van der Waals surface area (Å²) in [4.78, 5) is 11.4. The van der Waals surface area contributed by atoms with Crippen LogP contribution in [0, 0.1) is 0 Å². The minimum atomic E-state index is -0.382. The third-order valence-electron chi connectivity index (χ3n) is 1.81. The molecule has 0 bridgehead atoms. The molecule has 0 aliphatic rings. The number of ether oxygens (including phenoxy) is 1. The molecule has 1 N–H and O–H groups in total. The Kier molecular flexibility index (Phi) is 3.92. The Bertz CT molecular complexity index is 359. The Morgan fingerprint density at radius 3 is 2.47 bits per heavy atom. The summed E-state index contributed by atoms with van der Waals surface area (Å²) >= 11 is 0. The van der Waals surface area contributed by atoms with E-state index in [1.54, 1.807) is 0 Å². The average Bonchev–Trinajstić information content (AvgIpc) is 2.18. The van der Waals surface area contributed by atoms with Crippen molar-refractivity contribution in [3.63, 3.8) is 0 Å². The van der Waals surface area contributed by atoms with E-state index < -0.39 is 0 Å². The molecule has 0 spiro atoms. The van der Waals surface area contributed by atoms with Crippen molar-refractivity contribution in [1.82, 2.24) is 0 Å². The summed E-state index contributed by atoms with van der Waals surface area (Å²) in [6, 6.07) is 5.97. The Labute approximate surface area is 89.0 Å². The van der Waals surface area contributed by atoms with Crippen LogP contribution >= 0.6 is 0 Å². The first kappa shape index (κ1) is 11.3. The maximum Gasteiger partial charge on any atom is 0.338 e. The van der Waals surface area contributed by atoms with Crippen molar-refractivity contribution in [3.05, 3.63) is 41.5 Å². The van der Waals surface area contributed by atoms with Gasteiger partial charge in [-0.25, -0.2) is 4.79 Å². The topological polar surface area (TPSA) is 46.5 Å². The van der Waals surface area contributed by atoms with E-state index in [9.17, 15) is 4.79 Å². The van der Waals surface area contributed by atoms with E-state index in [2.05, 4.69) is 0 Å². The third-order valence-corrected chi connectivity index (χ3v) is 1.81. The normalized spacial score (nSPS) is 9.47. The minimum absolute atomic E-state index is 0.135. The van der Waals surface area contributed by atoms with Crippen molar-refractivity contribution < 1.29 is 14.6 Å². The molecule has 0 fully saturated rings. The van der Waals surface area contributed by atoms with Gasteiger partial charge in [-0.05, 0) is 44.2 Å². The number of aromatic hydroxyl groups is 1. The summed E-state index contributed by atoms with van der Waals surface area (Å²) in [5.74, 6) is -0.247. The second-order valence-corrected chi connectivity index (χ2v) is 3.43. The number of hydrogen-bond donors (Lipinski definition) is 1. The first-order valence-electron chi connectivity index (χ1n) is 4.69. The molecule has 80 valence electrons. The Morgan fingerprint density at radius 1 is 1.33 bits per heavy atom. The number of hydrogen-bond acceptors (Lipinski definition) is 3. The van der Waals surface area contributed by atoms with Gasteiger partial charge in [0.2, 0.25) is 0 Å². The van der Waals surface area contributed by atoms with Gasteiger partial charge in [0.05, 0.1) is 5.56 Å².